The summed E-state index contributed by atoms with van der Waals surface area (Å²) in [5.41, 5.74) is 2.56. The van der Waals surface area contributed by atoms with Crippen LogP contribution in [0.25, 0.3) is 11.1 Å². The maximum absolute atomic E-state index is 13.7. The lowest BCUT2D eigenvalue weighted by Crippen LogP contribution is -2.70. The normalized spacial score (nSPS) is 24.6. The monoisotopic (exact) mass is 421 g/mol. The number of pyridine rings is 1. The van der Waals surface area contributed by atoms with Crippen LogP contribution in [0, 0.1) is 25.6 Å². The lowest BCUT2D eigenvalue weighted by molar-refractivity contribution is -0.110. The van der Waals surface area contributed by atoms with E-state index in [1.54, 1.807) is 13.1 Å². The number of benzene rings is 1. The molecule has 1 saturated heterocycles. The summed E-state index contributed by atoms with van der Waals surface area (Å²) < 4.78 is 19.4. The summed E-state index contributed by atoms with van der Waals surface area (Å²) in [6.45, 7) is 5.90. The van der Waals surface area contributed by atoms with Crippen LogP contribution in [0.4, 0.5) is 14.9 Å². The van der Waals surface area contributed by atoms with E-state index in [9.17, 15) is 9.18 Å². The highest BCUT2D eigenvalue weighted by molar-refractivity contribution is 5.92. The Morgan fingerprint density at radius 3 is 2.81 bits per heavy atom. The molecule has 1 aromatic carbocycles. The minimum Gasteiger partial charge on any atom is -0.423 e. The van der Waals surface area contributed by atoms with Crippen LogP contribution in [0.5, 0.6) is 0 Å². The second-order valence-electron chi connectivity index (χ2n) is 8.78. The lowest BCUT2D eigenvalue weighted by atomic mass is 9.64. The van der Waals surface area contributed by atoms with E-state index in [1.807, 2.05) is 30.0 Å². The Labute approximate surface area is 179 Å². The summed E-state index contributed by atoms with van der Waals surface area (Å²) in [7, 11) is 0. The number of carbonyl (C=O) groups excluding carboxylic acids is 1. The van der Waals surface area contributed by atoms with E-state index >= 15 is 0 Å². The number of piperidine rings is 1. The molecule has 3 heterocycles. The fourth-order valence-electron chi connectivity index (χ4n) is 5.19. The fraction of sp³-hybridized carbons (Fsp3) is 0.391. The SMILES string of the molecule is Cc1nnc(C23C[C@H](C)C[C@H](C2)N3C(=O)Nc2ccc(C)c(-c3cncc(F)c3)c2)o1. The predicted molar refractivity (Wildman–Crippen MR) is 113 cm³/mol. The van der Waals surface area contributed by atoms with E-state index in [0.29, 0.717) is 29.0 Å². The number of likely N-dealkylation sites (tertiary alicyclic amines) is 1. The molecule has 2 amide bonds. The maximum atomic E-state index is 13.7. The zero-order chi connectivity index (χ0) is 21.8. The minimum absolute atomic E-state index is 0.147. The zero-order valence-electron chi connectivity index (χ0n) is 17.7. The Bertz CT molecular complexity index is 1160. The molecule has 1 N–H and O–H groups in total. The molecular weight excluding hydrogens is 397 g/mol. The molecule has 3 aromatic rings. The average molecular weight is 421 g/mol. The molecule has 0 radical (unpaired) electrons. The third kappa shape index (κ3) is 3.26. The number of fused-ring (bicyclic) bond motifs is 2. The Kier molecular flexibility index (Phi) is 4.53. The largest absolute Gasteiger partial charge is 0.423 e. The number of halogens is 1. The molecule has 0 spiro atoms. The first-order chi connectivity index (χ1) is 14.9. The van der Waals surface area contributed by atoms with Crippen molar-refractivity contribution in [2.24, 2.45) is 5.92 Å². The first-order valence-corrected chi connectivity index (χ1v) is 10.5. The number of amides is 2. The van der Waals surface area contributed by atoms with E-state index in [4.69, 9.17) is 4.42 Å². The van der Waals surface area contributed by atoms with Crippen molar-refractivity contribution in [1.29, 1.82) is 0 Å². The number of rotatable bonds is 3. The van der Waals surface area contributed by atoms with Crippen molar-refractivity contribution >= 4 is 11.7 Å². The van der Waals surface area contributed by atoms with Crippen LogP contribution in [0.1, 0.15) is 43.5 Å². The maximum Gasteiger partial charge on any atom is 0.323 e. The third-order valence-electron chi connectivity index (χ3n) is 6.41. The van der Waals surface area contributed by atoms with Crippen LogP contribution >= 0.6 is 0 Å². The number of aromatic nitrogens is 3. The number of anilines is 1. The van der Waals surface area contributed by atoms with Gasteiger partial charge >= 0.3 is 6.03 Å². The van der Waals surface area contributed by atoms with Gasteiger partial charge in [0.05, 0.1) is 6.20 Å². The van der Waals surface area contributed by atoms with Gasteiger partial charge in [0.2, 0.25) is 11.8 Å². The van der Waals surface area contributed by atoms with Crippen molar-refractivity contribution in [3.63, 3.8) is 0 Å². The first kappa shape index (κ1) is 19.7. The lowest BCUT2D eigenvalue weighted by Gasteiger charge is -2.61. The summed E-state index contributed by atoms with van der Waals surface area (Å²) in [5.74, 6) is 1.09. The highest BCUT2D eigenvalue weighted by atomic mass is 19.1. The van der Waals surface area contributed by atoms with Crippen molar-refractivity contribution in [2.45, 2.75) is 51.6 Å². The molecule has 31 heavy (non-hydrogen) atoms. The van der Waals surface area contributed by atoms with Crippen LogP contribution in [-0.2, 0) is 5.54 Å². The molecule has 5 rings (SSSR count). The molecule has 2 aliphatic rings. The van der Waals surface area contributed by atoms with Crippen LogP contribution in [0.15, 0.2) is 41.1 Å². The molecule has 2 fully saturated rings. The molecular formula is C23H24FN5O2. The number of hydrogen-bond donors (Lipinski definition) is 1. The van der Waals surface area contributed by atoms with Gasteiger partial charge in [-0.05, 0) is 55.0 Å². The van der Waals surface area contributed by atoms with Gasteiger partial charge in [-0.1, -0.05) is 13.0 Å². The second-order valence-corrected chi connectivity index (χ2v) is 8.78. The molecule has 2 aromatic heterocycles. The van der Waals surface area contributed by atoms with E-state index in [-0.39, 0.29) is 12.1 Å². The van der Waals surface area contributed by atoms with E-state index in [1.165, 1.54) is 12.3 Å². The Morgan fingerprint density at radius 2 is 2.06 bits per heavy atom. The zero-order valence-corrected chi connectivity index (χ0v) is 17.7. The quantitative estimate of drug-likeness (QED) is 0.655. The van der Waals surface area contributed by atoms with Gasteiger partial charge in [0, 0.05) is 36.8 Å². The Hall–Kier alpha value is -3.29. The molecule has 1 unspecified atom stereocenters. The Balaban J connectivity index is 1.43. The van der Waals surface area contributed by atoms with Crippen LogP contribution in [-0.4, -0.2) is 32.2 Å². The molecule has 3 atom stereocenters. The van der Waals surface area contributed by atoms with Gasteiger partial charge in [0.15, 0.2) is 0 Å². The van der Waals surface area contributed by atoms with Crippen molar-refractivity contribution in [3.05, 3.63) is 59.8 Å². The van der Waals surface area contributed by atoms with Crippen LogP contribution in [0.2, 0.25) is 0 Å². The van der Waals surface area contributed by atoms with Gasteiger partial charge in [-0.25, -0.2) is 9.18 Å². The van der Waals surface area contributed by atoms with Gasteiger partial charge in [-0.2, -0.15) is 0 Å². The van der Waals surface area contributed by atoms with Crippen molar-refractivity contribution in [2.75, 3.05) is 5.32 Å². The number of nitrogens with zero attached hydrogens (tertiary/aromatic N) is 4. The van der Waals surface area contributed by atoms with Crippen LogP contribution < -0.4 is 5.32 Å². The number of hydrogen-bond acceptors (Lipinski definition) is 5. The fourth-order valence-corrected chi connectivity index (χ4v) is 5.19. The molecule has 1 aliphatic heterocycles. The molecule has 2 bridgehead atoms. The average Bonchev–Trinajstić information content (AvgIpc) is 3.15. The highest BCUT2D eigenvalue weighted by Gasteiger charge is 2.62. The van der Waals surface area contributed by atoms with E-state index < -0.39 is 11.4 Å². The van der Waals surface area contributed by atoms with Gasteiger partial charge in [0.25, 0.3) is 0 Å². The summed E-state index contributed by atoms with van der Waals surface area (Å²) in [4.78, 5) is 19.1. The summed E-state index contributed by atoms with van der Waals surface area (Å²) >= 11 is 0. The molecule has 1 aliphatic carbocycles. The second kappa shape index (κ2) is 7.14. The van der Waals surface area contributed by atoms with Gasteiger partial charge in [0.1, 0.15) is 11.4 Å². The smallest absolute Gasteiger partial charge is 0.323 e. The topological polar surface area (TPSA) is 84.2 Å². The predicted octanol–water partition coefficient (Wildman–Crippen LogP) is 4.82. The molecule has 160 valence electrons. The molecule has 1 saturated carbocycles. The summed E-state index contributed by atoms with van der Waals surface area (Å²) in [6, 6.07) is 7.01. The van der Waals surface area contributed by atoms with E-state index in [0.717, 1.165) is 30.4 Å². The number of aryl methyl sites for hydroxylation is 2. The Morgan fingerprint density at radius 1 is 1.23 bits per heavy atom. The van der Waals surface area contributed by atoms with Crippen LogP contribution in [0.3, 0.4) is 0 Å². The minimum atomic E-state index is -0.548. The highest BCUT2D eigenvalue weighted by Crippen LogP contribution is 2.55. The van der Waals surface area contributed by atoms with E-state index in [2.05, 4.69) is 27.4 Å². The standard InChI is InChI=1S/C23H24FN5O2/c1-13-6-19-10-23(9-13,21-28-27-15(3)31-21)29(19)22(30)26-18-5-4-14(2)20(8-18)16-7-17(24)12-25-11-16/h4-5,7-8,11-13,19H,6,9-10H2,1-3H3,(H,26,30)/t13-,19-,23?/m1/s1. The number of urea groups is 1. The summed E-state index contributed by atoms with van der Waals surface area (Å²) in [6.07, 6.45) is 5.38. The van der Waals surface area contributed by atoms with Gasteiger partial charge in [-0.3, -0.25) is 4.98 Å². The number of nitrogens with one attached hydrogen (secondary N) is 1. The van der Waals surface area contributed by atoms with Crippen molar-refractivity contribution < 1.29 is 13.6 Å². The first-order valence-electron chi connectivity index (χ1n) is 10.5. The third-order valence-corrected chi connectivity index (χ3v) is 6.41. The van der Waals surface area contributed by atoms with Crippen molar-refractivity contribution in [3.8, 4) is 11.1 Å². The number of carbonyl (C=O) groups is 1. The van der Waals surface area contributed by atoms with Gasteiger partial charge < -0.3 is 14.6 Å². The molecule has 7 nitrogen and oxygen atoms in total. The van der Waals surface area contributed by atoms with Crippen molar-refractivity contribution in [1.82, 2.24) is 20.1 Å². The molecule has 8 heteroatoms. The van der Waals surface area contributed by atoms with Gasteiger partial charge in [-0.15, -0.1) is 10.2 Å². The summed E-state index contributed by atoms with van der Waals surface area (Å²) in [5, 5.41) is 11.3.